The molecule has 4 heteroatoms. The average molecular weight is 255 g/mol. The standard InChI is InChI=1S/C15H13NO3/c1-11-9-13(17)7-8-14(11)16-19-15(18)10-12-5-3-2-4-6-12/h2-9H,10H2,1H3/b16-14-. The van der Waals surface area contributed by atoms with Crippen molar-refractivity contribution in [3.05, 3.63) is 59.7 Å². The molecule has 0 saturated heterocycles. The Morgan fingerprint density at radius 1 is 1.21 bits per heavy atom. The van der Waals surface area contributed by atoms with Gasteiger partial charge < -0.3 is 4.84 Å². The maximum Gasteiger partial charge on any atom is 0.339 e. The van der Waals surface area contributed by atoms with Crippen molar-refractivity contribution >= 4 is 17.5 Å². The van der Waals surface area contributed by atoms with E-state index in [4.69, 9.17) is 4.84 Å². The molecule has 1 aromatic carbocycles. The lowest BCUT2D eigenvalue weighted by atomic mass is 10.1. The molecule has 0 bridgehead atoms. The van der Waals surface area contributed by atoms with E-state index in [2.05, 4.69) is 5.16 Å². The van der Waals surface area contributed by atoms with Gasteiger partial charge in [0.25, 0.3) is 0 Å². The van der Waals surface area contributed by atoms with Gasteiger partial charge in [-0.05, 0) is 36.3 Å². The Morgan fingerprint density at radius 2 is 1.95 bits per heavy atom. The third kappa shape index (κ3) is 3.74. The molecule has 0 N–H and O–H groups in total. The molecule has 0 fully saturated rings. The molecule has 0 atom stereocenters. The van der Waals surface area contributed by atoms with Crippen molar-refractivity contribution < 1.29 is 14.4 Å². The van der Waals surface area contributed by atoms with Crippen LogP contribution in [0.1, 0.15) is 12.5 Å². The van der Waals surface area contributed by atoms with Crippen molar-refractivity contribution in [3.63, 3.8) is 0 Å². The predicted molar refractivity (Wildman–Crippen MR) is 71.6 cm³/mol. The molecular formula is C15H13NO3. The first-order valence-electron chi connectivity index (χ1n) is 5.87. The third-order valence-corrected chi connectivity index (χ3v) is 2.61. The van der Waals surface area contributed by atoms with Gasteiger partial charge >= 0.3 is 5.97 Å². The number of oxime groups is 1. The molecule has 1 aliphatic carbocycles. The number of carbonyl (C=O) groups excluding carboxylic acids is 2. The molecule has 19 heavy (non-hydrogen) atoms. The summed E-state index contributed by atoms with van der Waals surface area (Å²) in [6.45, 7) is 1.74. The van der Waals surface area contributed by atoms with E-state index in [-0.39, 0.29) is 12.2 Å². The fraction of sp³-hybridized carbons (Fsp3) is 0.133. The molecule has 0 saturated carbocycles. The maximum absolute atomic E-state index is 11.6. The lowest BCUT2D eigenvalue weighted by molar-refractivity contribution is -0.142. The summed E-state index contributed by atoms with van der Waals surface area (Å²) in [6, 6.07) is 9.29. The Hall–Kier alpha value is -2.49. The van der Waals surface area contributed by atoms with Gasteiger partial charge in [0, 0.05) is 0 Å². The zero-order valence-electron chi connectivity index (χ0n) is 10.5. The van der Waals surface area contributed by atoms with Gasteiger partial charge in [0.15, 0.2) is 5.78 Å². The molecule has 4 nitrogen and oxygen atoms in total. The number of hydrogen-bond donors (Lipinski definition) is 0. The van der Waals surface area contributed by atoms with Crippen molar-refractivity contribution in [2.24, 2.45) is 5.16 Å². The molecule has 96 valence electrons. The van der Waals surface area contributed by atoms with Gasteiger partial charge in [-0.2, -0.15) is 0 Å². The minimum absolute atomic E-state index is 0.0907. The summed E-state index contributed by atoms with van der Waals surface area (Å²) >= 11 is 0. The van der Waals surface area contributed by atoms with Gasteiger partial charge in [-0.3, -0.25) is 4.79 Å². The van der Waals surface area contributed by atoms with Gasteiger partial charge in [-0.1, -0.05) is 35.5 Å². The molecule has 1 aromatic rings. The summed E-state index contributed by atoms with van der Waals surface area (Å²) in [5, 5.41) is 3.75. The number of ketones is 1. The second-order valence-corrected chi connectivity index (χ2v) is 4.17. The van der Waals surface area contributed by atoms with Crippen molar-refractivity contribution in [1.82, 2.24) is 0 Å². The zero-order chi connectivity index (χ0) is 13.7. The summed E-state index contributed by atoms with van der Waals surface area (Å²) < 4.78 is 0. The Morgan fingerprint density at radius 3 is 2.63 bits per heavy atom. The van der Waals surface area contributed by atoms with E-state index in [1.54, 1.807) is 6.92 Å². The molecule has 0 radical (unpaired) electrons. The van der Waals surface area contributed by atoms with E-state index < -0.39 is 5.97 Å². The molecule has 0 heterocycles. The lowest BCUT2D eigenvalue weighted by Gasteiger charge is -2.05. The molecule has 0 spiro atoms. The van der Waals surface area contributed by atoms with Crippen LogP contribution in [0, 0.1) is 0 Å². The Balaban J connectivity index is 1.95. The predicted octanol–water partition coefficient (Wildman–Crippen LogP) is 2.21. The SMILES string of the molecule is CC1=CC(=O)C=C/C1=N/OC(=O)Cc1ccccc1. The largest absolute Gasteiger partial charge is 0.339 e. The van der Waals surface area contributed by atoms with E-state index in [1.165, 1.54) is 18.2 Å². The van der Waals surface area contributed by atoms with Crippen molar-refractivity contribution in [1.29, 1.82) is 0 Å². The van der Waals surface area contributed by atoms with Crippen LogP contribution >= 0.6 is 0 Å². The first-order valence-corrected chi connectivity index (χ1v) is 5.87. The van der Waals surface area contributed by atoms with Crippen LogP contribution < -0.4 is 0 Å². The van der Waals surface area contributed by atoms with Crippen LogP contribution in [0.25, 0.3) is 0 Å². The average Bonchev–Trinajstić information content (AvgIpc) is 2.39. The Kier molecular flexibility index (Phi) is 4.03. The molecule has 1 aliphatic rings. The maximum atomic E-state index is 11.6. The van der Waals surface area contributed by atoms with Gasteiger partial charge in [-0.15, -0.1) is 0 Å². The Bertz CT molecular complexity index is 583. The molecule has 0 aromatic heterocycles. The van der Waals surface area contributed by atoms with Crippen LogP contribution in [0.5, 0.6) is 0 Å². The number of carbonyl (C=O) groups is 2. The quantitative estimate of drug-likeness (QED) is 0.472. The topological polar surface area (TPSA) is 55.7 Å². The molecule has 0 amide bonds. The van der Waals surface area contributed by atoms with Gasteiger partial charge in [0.1, 0.15) is 5.71 Å². The second-order valence-electron chi connectivity index (χ2n) is 4.17. The highest BCUT2D eigenvalue weighted by molar-refractivity contribution is 6.19. The van der Waals surface area contributed by atoms with E-state index in [0.717, 1.165) is 5.56 Å². The highest BCUT2D eigenvalue weighted by atomic mass is 16.7. The summed E-state index contributed by atoms with van der Waals surface area (Å²) in [4.78, 5) is 27.5. The molecule has 0 aliphatic heterocycles. The highest BCUT2D eigenvalue weighted by Gasteiger charge is 2.09. The van der Waals surface area contributed by atoms with Gasteiger partial charge in [0.05, 0.1) is 6.42 Å². The number of allylic oxidation sites excluding steroid dienone is 4. The van der Waals surface area contributed by atoms with E-state index in [9.17, 15) is 9.59 Å². The minimum Gasteiger partial charge on any atom is -0.317 e. The number of benzene rings is 1. The number of rotatable bonds is 3. The lowest BCUT2D eigenvalue weighted by Crippen LogP contribution is -2.09. The van der Waals surface area contributed by atoms with Crippen LogP contribution in [0.15, 0.2) is 59.3 Å². The summed E-state index contributed by atoms with van der Waals surface area (Å²) in [5.41, 5.74) is 2.04. The fourth-order valence-corrected chi connectivity index (χ4v) is 1.63. The second kappa shape index (κ2) is 5.91. The Labute approximate surface area is 111 Å². The van der Waals surface area contributed by atoms with Crippen LogP contribution in [0.3, 0.4) is 0 Å². The highest BCUT2D eigenvalue weighted by Crippen LogP contribution is 2.07. The smallest absolute Gasteiger partial charge is 0.317 e. The van der Waals surface area contributed by atoms with Crippen LogP contribution in [0.2, 0.25) is 0 Å². The van der Waals surface area contributed by atoms with Crippen molar-refractivity contribution in [2.75, 3.05) is 0 Å². The number of hydrogen-bond acceptors (Lipinski definition) is 4. The van der Waals surface area contributed by atoms with Crippen molar-refractivity contribution in [3.8, 4) is 0 Å². The minimum atomic E-state index is -0.434. The molecular weight excluding hydrogens is 242 g/mol. The number of nitrogens with zero attached hydrogens (tertiary/aromatic N) is 1. The third-order valence-electron chi connectivity index (χ3n) is 2.61. The van der Waals surface area contributed by atoms with Crippen LogP contribution in [-0.4, -0.2) is 17.5 Å². The normalized spacial score (nSPS) is 16.4. The van der Waals surface area contributed by atoms with Gasteiger partial charge in [0.2, 0.25) is 0 Å². The fourth-order valence-electron chi connectivity index (χ4n) is 1.63. The monoisotopic (exact) mass is 255 g/mol. The van der Waals surface area contributed by atoms with E-state index in [0.29, 0.717) is 11.3 Å². The summed E-state index contributed by atoms with van der Waals surface area (Å²) in [5.74, 6) is -0.524. The first kappa shape index (κ1) is 13.0. The van der Waals surface area contributed by atoms with Crippen molar-refractivity contribution in [2.45, 2.75) is 13.3 Å². The molecule has 0 unspecified atom stereocenters. The summed E-state index contributed by atoms with van der Waals surface area (Å²) in [7, 11) is 0. The summed E-state index contributed by atoms with van der Waals surface area (Å²) in [6.07, 6.45) is 4.54. The first-order chi connectivity index (χ1) is 9.15. The van der Waals surface area contributed by atoms with Gasteiger partial charge in [-0.25, -0.2) is 4.79 Å². The van der Waals surface area contributed by atoms with E-state index >= 15 is 0 Å². The molecule has 2 rings (SSSR count). The zero-order valence-corrected chi connectivity index (χ0v) is 10.5. The van der Waals surface area contributed by atoms with Crippen LogP contribution in [0.4, 0.5) is 0 Å². The van der Waals surface area contributed by atoms with E-state index in [1.807, 2.05) is 30.3 Å². The van der Waals surface area contributed by atoms with Crippen LogP contribution in [-0.2, 0) is 20.8 Å².